The molecule has 2 atom stereocenters. The van der Waals surface area contributed by atoms with Crippen molar-refractivity contribution >= 4 is 11.8 Å². The first-order valence-electron chi connectivity index (χ1n) is 5.33. The molecule has 0 fully saturated rings. The van der Waals surface area contributed by atoms with Gasteiger partial charge < -0.3 is 10.4 Å². The lowest BCUT2D eigenvalue weighted by molar-refractivity contribution is 0.140. The third kappa shape index (κ3) is 2.19. The summed E-state index contributed by atoms with van der Waals surface area (Å²) >= 11 is 1.91. The normalized spacial score (nSPS) is 18.6. The van der Waals surface area contributed by atoms with Gasteiger partial charge in [0, 0.05) is 16.7 Å². The van der Waals surface area contributed by atoms with Crippen LogP contribution >= 0.6 is 11.8 Å². The van der Waals surface area contributed by atoms with E-state index in [-0.39, 0.29) is 6.04 Å². The Morgan fingerprint density at radius 3 is 3.00 bits per heavy atom. The van der Waals surface area contributed by atoms with Crippen molar-refractivity contribution in [1.29, 1.82) is 0 Å². The molecule has 0 aromatic heterocycles. The Balaban J connectivity index is 2.22. The molecule has 0 saturated carbocycles. The molecule has 0 spiro atoms. The average molecular weight is 223 g/mol. The molecule has 2 unspecified atom stereocenters. The molecule has 2 rings (SSSR count). The molecule has 2 nitrogen and oxygen atoms in total. The van der Waals surface area contributed by atoms with Crippen LogP contribution in [0.2, 0.25) is 0 Å². The first kappa shape index (κ1) is 11.0. The van der Waals surface area contributed by atoms with Gasteiger partial charge in [-0.3, -0.25) is 0 Å². The Bertz CT molecular complexity index is 353. The summed E-state index contributed by atoms with van der Waals surface area (Å²) in [5, 5.41) is 13.1. The molecule has 1 aromatic carbocycles. The van der Waals surface area contributed by atoms with Crippen LogP contribution in [-0.2, 0) is 6.42 Å². The van der Waals surface area contributed by atoms with E-state index in [9.17, 15) is 5.11 Å². The summed E-state index contributed by atoms with van der Waals surface area (Å²) in [5.41, 5.74) is 2.41. The van der Waals surface area contributed by atoms with Crippen LogP contribution in [0.5, 0.6) is 0 Å². The van der Waals surface area contributed by atoms with Crippen molar-refractivity contribution in [3.8, 4) is 0 Å². The second-order valence-electron chi connectivity index (χ2n) is 3.99. The predicted octanol–water partition coefficient (Wildman–Crippen LogP) is 1.98. The molecule has 2 N–H and O–H groups in total. The summed E-state index contributed by atoms with van der Waals surface area (Å²) in [4.78, 5) is 1.38. The molecule has 1 aliphatic rings. The zero-order valence-electron chi connectivity index (χ0n) is 9.16. The van der Waals surface area contributed by atoms with E-state index in [1.54, 1.807) is 0 Å². The molecule has 0 saturated heterocycles. The third-order valence-corrected chi connectivity index (χ3v) is 4.10. The van der Waals surface area contributed by atoms with Gasteiger partial charge in [-0.25, -0.2) is 0 Å². The summed E-state index contributed by atoms with van der Waals surface area (Å²) in [6.07, 6.45) is 0.722. The highest BCUT2D eigenvalue weighted by atomic mass is 32.2. The summed E-state index contributed by atoms with van der Waals surface area (Å²) in [7, 11) is 1.87. The van der Waals surface area contributed by atoms with E-state index in [1.807, 2.05) is 31.8 Å². The number of fused-ring (bicyclic) bond motifs is 1. The van der Waals surface area contributed by atoms with Crippen molar-refractivity contribution in [1.82, 2.24) is 5.32 Å². The highest BCUT2D eigenvalue weighted by Crippen LogP contribution is 2.33. The number of hydrogen-bond donors (Lipinski definition) is 2. The summed E-state index contributed by atoms with van der Waals surface area (Å²) in [6, 6.07) is 6.41. The van der Waals surface area contributed by atoms with Gasteiger partial charge in [-0.2, -0.15) is 0 Å². The van der Waals surface area contributed by atoms with Gasteiger partial charge in [-0.1, -0.05) is 12.1 Å². The second-order valence-corrected chi connectivity index (χ2v) is 5.12. The molecule has 0 bridgehead atoms. The average Bonchev–Trinajstić information content (AvgIpc) is 2.73. The smallest absolute Gasteiger partial charge is 0.0940 e. The molecule has 1 aromatic rings. The van der Waals surface area contributed by atoms with Gasteiger partial charge >= 0.3 is 0 Å². The molecule has 0 amide bonds. The van der Waals surface area contributed by atoms with Crippen molar-refractivity contribution in [2.75, 3.05) is 12.8 Å². The summed E-state index contributed by atoms with van der Waals surface area (Å²) < 4.78 is 0. The van der Waals surface area contributed by atoms with E-state index < -0.39 is 6.10 Å². The zero-order chi connectivity index (χ0) is 10.8. The Hall–Kier alpha value is -0.510. The zero-order valence-corrected chi connectivity index (χ0v) is 9.97. The number of aliphatic hydroxyl groups is 1. The SMILES string of the molecule is CNC(C)C(O)c1ccc2c(c1)CCS2. The van der Waals surface area contributed by atoms with Crippen LogP contribution in [0.25, 0.3) is 0 Å². The van der Waals surface area contributed by atoms with Crippen LogP contribution in [0.4, 0.5) is 0 Å². The maximum atomic E-state index is 10.1. The van der Waals surface area contributed by atoms with Gasteiger partial charge in [-0.05, 0) is 37.6 Å². The lowest BCUT2D eigenvalue weighted by Gasteiger charge is -2.19. The van der Waals surface area contributed by atoms with E-state index in [0.29, 0.717) is 0 Å². The fourth-order valence-corrected chi connectivity index (χ4v) is 2.89. The minimum absolute atomic E-state index is 0.0945. The number of rotatable bonds is 3. The van der Waals surface area contributed by atoms with Crippen LogP contribution in [0.15, 0.2) is 23.1 Å². The molecule has 0 radical (unpaired) electrons. The minimum Gasteiger partial charge on any atom is -0.387 e. The van der Waals surface area contributed by atoms with Crippen LogP contribution in [0.3, 0.4) is 0 Å². The molecule has 1 aliphatic heterocycles. The summed E-state index contributed by atoms with van der Waals surface area (Å²) in [6.45, 7) is 1.99. The van der Waals surface area contributed by atoms with Gasteiger partial charge in [0.1, 0.15) is 0 Å². The molecular weight excluding hydrogens is 206 g/mol. The van der Waals surface area contributed by atoms with Gasteiger partial charge in [0.05, 0.1) is 6.10 Å². The topological polar surface area (TPSA) is 32.3 Å². The van der Waals surface area contributed by atoms with Crippen molar-refractivity contribution in [3.63, 3.8) is 0 Å². The number of aliphatic hydroxyl groups excluding tert-OH is 1. The minimum atomic E-state index is -0.411. The van der Waals surface area contributed by atoms with E-state index in [1.165, 1.54) is 16.2 Å². The number of benzene rings is 1. The fourth-order valence-electron chi connectivity index (χ4n) is 1.84. The lowest BCUT2D eigenvalue weighted by Crippen LogP contribution is -2.28. The second kappa shape index (κ2) is 4.56. The largest absolute Gasteiger partial charge is 0.387 e. The molecular formula is C12H17NOS. The maximum absolute atomic E-state index is 10.1. The van der Waals surface area contributed by atoms with Crippen molar-refractivity contribution in [3.05, 3.63) is 29.3 Å². The molecule has 1 heterocycles. The Morgan fingerprint density at radius 2 is 2.27 bits per heavy atom. The standard InChI is InChI=1S/C12H17NOS/c1-8(13-2)12(14)10-3-4-11-9(7-10)5-6-15-11/h3-4,7-8,12-14H,5-6H2,1-2H3. The van der Waals surface area contributed by atoms with Crippen molar-refractivity contribution in [2.45, 2.75) is 30.4 Å². The number of thioether (sulfide) groups is 1. The highest BCUT2D eigenvalue weighted by molar-refractivity contribution is 7.99. The van der Waals surface area contributed by atoms with Gasteiger partial charge in [-0.15, -0.1) is 11.8 Å². The summed E-state index contributed by atoms with van der Waals surface area (Å²) in [5.74, 6) is 1.18. The van der Waals surface area contributed by atoms with Crippen LogP contribution in [-0.4, -0.2) is 23.9 Å². The number of nitrogens with one attached hydrogen (secondary N) is 1. The van der Waals surface area contributed by atoms with Crippen LogP contribution in [0.1, 0.15) is 24.2 Å². The quantitative estimate of drug-likeness (QED) is 0.822. The molecule has 3 heteroatoms. The Labute approximate surface area is 95.1 Å². The van der Waals surface area contributed by atoms with E-state index in [4.69, 9.17) is 0 Å². The Morgan fingerprint density at radius 1 is 1.47 bits per heavy atom. The monoisotopic (exact) mass is 223 g/mol. The van der Waals surface area contributed by atoms with Gasteiger partial charge in [0.2, 0.25) is 0 Å². The molecule has 15 heavy (non-hydrogen) atoms. The lowest BCUT2D eigenvalue weighted by atomic mass is 10.0. The van der Waals surface area contributed by atoms with E-state index in [2.05, 4.69) is 17.4 Å². The van der Waals surface area contributed by atoms with Crippen molar-refractivity contribution in [2.24, 2.45) is 0 Å². The van der Waals surface area contributed by atoms with Crippen LogP contribution < -0.4 is 5.32 Å². The van der Waals surface area contributed by atoms with Crippen LogP contribution in [0, 0.1) is 0 Å². The Kier molecular flexibility index (Phi) is 3.34. The predicted molar refractivity (Wildman–Crippen MR) is 64.4 cm³/mol. The van der Waals surface area contributed by atoms with E-state index >= 15 is 0 Å². The van der Waals surface area contributed by atoms with Crippen molar-refractivity contribution < 1.29 is 5.11 Å². The molecule has 0 aliphatic carbocycles. The number of hydrogen-bond acceptors (Lipinski definition) is 3. The van der Waals surface area contributed by atoms with E-state index in [0.717, 1.165) is 12.0 Å². The van der Waals surface area contributed by atoms with Gasteiger partial charge in [0.15, 0.2) is 0 Å². The first-order valence-corrected chi connectivity index (χ1v) is 6.32. The first-order chi connectivity index (χ1) is 7.22. The molecule has 82 valence electrons. The van der Waals surface area contributed by atoms with Gasteiger partial charge in [0.25, 0.3) is 0 Å². The number of aryl methyl sites for hydroxylation is 1. The number of likely N-dealkylation sites (N-methyl/N-ethyl adjacent to an activating group) is 1. The maximum Gasteiger partial charge on any atom is 0.0940 e. The fraction of sp³-hybridized carbons (Fsp3) is 0.500. The third-order valence-electron chi connectivity index (χ3n) is 2.98. The highest BCUT2D eigenvalue weighted by Gasteiger charge is 2.18.